The third kappa shape index (κ3) is 3.37. The number of carbonyl (C=O) groups is 2. The minimum absolute atomic E-state index is 0.105. The summed E-state index contributed by atoms with van der Waals surface area (Å²) in [5.74, 6) is -0.223. The Kier molecular flexibility index (Phi) is 4.62. The molecular weight excluding hydrogens is 292 g/mol. The molecule has 0 aliphatic carbocycles. The standard InChI is InChI=1S/C17H22N4O2/c18-8-4-3-7-14-16(22)21-15(17(23)20-14)9-11-10-19-13-6-2-1-5-12(11)13/h1-2,5-6,10,14-15,19H,3-4,7-9,18H2,(H,20,23)(H,21,22)/t14-,15-/m1/s1. The summed E-state index contributed by atoms with van der Waals surface area (Å²) in [4.78, 5) is 27.6. The molecule has 0 bridgehead atoms. The number of piperazine rings is 1. The van der Waals surface area contributed by atoms with E-state index >= 15 is 0 Å². The van der Waals surface area contributed by atoms with Crippen LogP contribution in [0.25, 0.3) is 10.9 Å². The second-order valence-corrected chi connectivity index (χ2v) is 5.97. The predicted octanol–water partition coefficient (Wildman–Crippen LogP) is 0.823. The number of fused-ring (bicyclic) bond motifs is 1. The van der Waals surface area contributed by atoms with Crippen LogP contribution in [0.5, 0.6) is 0 Å². The molecule has 2 heterocycles. The molecule has 2 aromatic rings. The minimum Gasteiger partial charge on any atom is -0.361 e. The number of aromatic nitrogens is 1. The van der Waals surface area contributed by atoms with Crippen LogP contribution < -0.4 is 16.4 Å². The lowest BCUT2D eigenvalue weighted by Gasteiger charge is -2.29. The summed E-state index contributed by atoms with van der Waals surface area (Å²) in [6.45, 7) is 0.603. The first-order valence-electron chi connectivity index (χ1n) is 8.05. The fourth-order valence-corrected chi connectivity index (χ4v) is 3.04. The molecule has 3 rings (SSSR count). The SMILES string of the molecule is NCCCC[C@H]1NC(=O)[C@@H](Cc2c[nH]c3ccccc23)NC1=O. The van der Waals surface area contributed by atoms with Gasteiger partial charge in [-0.05, 0) is 37.4 Å². The topological polar surface area (TPSA) is 100 Å². The van der Waals surface area contributed by atoms with Gasteiger partial charge in [-0.1, -0.05) is 18.2 Å². The molecule has 1 aliphatic heterocycles. The number of hydrogen-bond acceptors (Lipinski definition) is 3. The van der Waals surface area contributed by atoms with Crippen LogP contribution >= 0.6 is 0 Å². The van der Waals surface area contributed by atoms with Crippen molar-refractivity contribution in [1.29, 1.82) is 0 Å². The molecule has 122 valence electrons. The maximum absolute atomic E-state index is 12.3. The van der Waals surface area contributed by atoms with Crippen LogP contribution in [0.3, 0.4) is 0 Å². The predicted molar refractivity (Wildman–Crippen MR) is 88.8 cm³/mol. The molecular formula is C17H22N4O2. The largest absolute Gasteiger partial charge is 0.361 e. The van der Waals surface area contributed by atoms with E-state index in [1.165, 1.54) is 0 Å². The molecule has 0 saturated carbocycles. The Morgan fingerprint density at radius 3 is 2.57 bits per heavy atom. The van der Waals surface area contributed by atoms with Gasteiger partial charge in [0.25, 0.3) is 0 Å². The number of amides is 2. The van der Waals surface area contributed by atoms with Crippen LogP contribution in [0.2, 0.25) is 0 Å². The molecule has 6 heteroatoms. The third-order valence-electron chi connectivity index (χ3n) is 4.31. The van der Waals surface area contributed by atoms with Crippen LogP contribution in [0.1, 0.15) is 24.8 Å². The van der Waals surface area contributed by atoms with Crippen molar-refractivity contribution in [1.82, 2.24) is 15.6 Å². The number of benzene rings is 1. The van der Waals surface area contributed by atoms with Crippen LogP contribution in [0, 0.1) is 0 Å². The summed E-state index contributed by atoms with van der Waals surface area (Å²) in [7, 11) is 0. The smallest absolute Gasteiger partial charge is 0.243 e. The number of nitrogens with one attached hydrogen (secondary N) is 3. The van der Waals surface area contributed by atoms with Gasteiger partial charge in [0, 0.05) is 23.5 Å². The van der Waals surface area contributed by atoms with Crippen molar-refractivity contribution in [3.8, 4) is 0 Å². The second-order valence-electron chi connectivity index (χ2n) is 5.97. The van der Waals surface area contributed by atoms with Gasteiger partial charge in [0.1, 0.15) is 12.1 Å². The van der Waals surface area contributed by atoms with Gasteiger partial charge in [0.05, 0.1) is 0 Å². The first kappa shape index (κ1) is 15.6. The zero-order valence-electron chi connectivity index (χ0n) is 13.0. The van der Waals surface area contributed by atoms with E-state index in [0.717, 1.165) is 29.3 Å². The first-order chi connectivity index (χ1) is 11.2. The molecule has 6 nitrogen and oxygen atoms in total. The molecule has 0 radical (unpaired) electrons. The van der Waals surface area contributed by atoms with Gasteiger partial charge < -0.3 is 21.4 Å². The highest BCUT2D eigenvalue weighted by Crippen LogP contribution is 2.20. The molecule has 2 amide bonds. The average molecular weight is 314 g/mol. The quantitative estimate of drug-likeness (QED) is 0.594. The van der Waals surface area contributed by atoms with Crippen LogP contribution in [-0.2, 0) is 16.0 Å². The van der Waals surface area contributed by atoms with Crippen LogP contribution in [0.4, 0.5) is 0 Å². The summed E-state index contributed by atoms with van der Waals surface area (Å²) in [5, 5.41) is 6.77. The molecule has 1 aromatic carbocycles. The van der Waals surface area contributed by atoms with Gasteiger partial charge in [-0.2, -0.15) is 0 Å². The monoisotopic (exact) mass is 314 g/mol. The number of nitrogens with two attached hydrogens (primary N) is 1. The van der Waals surface area contributed by atoms with Crippen molar-refractivity contribution < 1.29 is 9.59 Å². The van der Waals surface area contributed by atoms with Crippen molar-refractivity contribution in [2.75, 3.05) is 6.54 Å². The molecule has 2 atom stereocenters. The van der Waals surface area contributed by atoms with Crippen molar-refractivity contribution in [3.05, 3.63) is 36.0 Å². The van der Waals surface area contributed by atoms with Gasteiger partial charge in [0.2, 0.25) is 11.8 Å². The lowest BCUT2D eigenvalue weighted by molar-refractivity contribution is -0.136. The van der Waals surface area contributed by atoms with Crippen molar-refractivity contribution in [2.45, 2.75) is 37.8 Å². The zero-order valence-corrected chi connectivity index (χ0v) is 13.0. The Bertz CT molecular complexity index is 709. The van der Waals surface area contributed by atoms with Crippen LogP contribution in [0.15, 0.2) is 30.5 Å². The summed E-state index contributed by atoms with van der Waals surface area (Å²) < 4.78 is 0. The average Bonchev–Trinajstić information content (AvgIpc) is 2.95. The summed E-state index contributed by atoms with van der Waals surface area (Å²) >= 11 is 0. The number of para-hydroxylation sites is 1. The summed E-state index contributed by atoms with van der Waals surface area (Å²) in [6.07, 6.45) is 4.71. The third-order valence-corrected chi connectivity index (χ3v) is 4.31. The molecule has 23 heavy (non-hydrogen) atoms. The lowest BCUT2D eigenvalue weighted by Crippen LogP contribution is -2.62. The van der Waals surface area contributed by atoms with Crippen LogP contribution in [-0.4, -0.2) is 35.4 Å². The number of H-pyrrole nitrogens is 1. The van der Waals surface area contributed by atoms with Crippen molar-refractivity contribution in [2.24, 2.45) is 5.73 Å². The van der Waals surface area contributed by atoms with Gasteiger partial charge in [-0.3, -0.25) is 9.59 Å². The Labute approximate surface area is 134 Å². The number of hydrogen-bond donors (Lipinski definition) is 4. The molecule has 1 aromatic heterocycles. The highest BCUT2D eigenvalue weighted by atomic mass is 16.2. The Morgan fingerprint density at radius 1 is 1.00 bits per heavy atom. The van der Waals surface area contributed by atoms with E-state index in [-0.39, 0.29) is 11.8 Å². The van der Waals surface area contributed by atoms with E-state index in [1.54, 1.807) is 0 Å². The second kappa shape index (κ2) is 6.83. The Morgan fingerprint density at radius 2 is 1.74 bits per heavy atom. The molecule has 1 fully saturated rings. The van der Waals surface area contributed by atoms with Gasteiger partial charge >= 0.3 is 0 Å². The van der Waals surface area contributed by atoms with E-state index in [9.17, 15) is 9.59 Å². The zero-order chi connectivity index (χ0) is 16.2. The van der Waals surface area contributed by atoms with Crippen molar-refractivity contribution in [3.63, 3.8) is 0 Å². The molecule has 0 unspecified atom stereocenters. The maximum Gasteiger partial charge on any atom is 0.243 e. The molecule has 5 N–H and O–H groups in total. The van der Waals surface area contributed by atoms with Gasteiger partial charge in [0.15, 0.2) is 0 Å². The Balaban J connectivity index is 1.66. The van der Waals surface area contributed by atoms with E-state index < -0.39 is 12.1 Å². The normalized spacial score (nSPS) is 21.3. The van der Waals surface area contributed by atoms with E-state index in [2.05, 4.69) is 15.6 Å². The first-order valence-corrected chi connectivity index (χ1v) is 8.05. The molecule has 1 saturated heterocycles. The number of unbranched alkanes of at least 4 members (excludes halogenated alkanes) is 1. The van der Waals surface area contributed by atoms with Gasteiger partial charge in [-0.25, -0.2) is 0 Å². The fourth-order valence-electron chi connectivity index (χ4n) is 3.04. The highest BCUT2D eigenvalue weighted by molar-refractivity contribution is 5.97. The minimum atomic E-state index is -0.521. The number of carbonyl (C=O) groups excluding carboxylic acids is 2. The van der Waals surface area contributed by atoms with E-state index in [0.29, 0.717) is 19.4 Å². The summed E-state index contributed by atoms with van der Waals surface area (Å²) in [5.41, 5.74) is 7.52. The maximum atomic E-state index is 12.3. The van der Waals surface area contributed by atoms with E-state index in [1.807, 2.05) is 30.5 Å². The number of rotatable bonds is 6. The molecule has 1 aliphatic rings. The molecule has 0 spiro atoms. The van der Waals surface area contributed by atoms with E-state index in [4.69, 9.17) is 5.73 Å². The number of aromatic amines is 1. The van der Waals surface area contributed by atoms with Gasteiger partial charge in [-0.15, -0.1) is 0 Å². The highest BCUT2D eigenvalue weighted by Gasteiger charge is 2.33. The Hall–Kier alpha value is -2.34. The summed E-state index contributed by atoms with van der Waals surface area (Å²) in [6, 6.07) is 6.97. The van der Waals surface area contributed by atoms with Crippen molar-refractivity contribution >= 4 is 22.7 Å². The fraction of sp³-hybridized carbons (Fsp3) is 0.412. The lowest BCUT2D eigenvalue weighted by atomic mass is 9.99.